The lowest BCUT2D eigenvalue weighted by molar-refractivity contribution is -0.0419. The molecule has 1 N–H and O–H groups in total. The number of hydrogen-bond donors (Lipinski definition) is 1. The van der Waals surface area contributed by atoms with E-state index in [0.29, 0.717) is 4.47 Å². The van der Waals surface area contributed by atoms with E-state index in [4.69, 9.17) is 0 Å². The van der Waals surface area contributed by atoms with Crippen LogP contribution in [0, 0.1) is 53.2 Å². The van der Waals surface area contributed by atoms with Gasteiger partial charge >= 0.3 is 0 Å². The van der Waals surface area contributed by atoms with E-state index in [1.165, 1.54) is 154 Å². The van der Waals surface area contributed by atoms with Gasteiger partial charge in [0.25, 0.3) is 0 Å². The van der Waals surface area contributed by atoms with Crippen molar-refractivity contribution in [2.24, 2.45) is 47.3 Å². The Balaban J connectivity index is 0.000000117. The van der Waals surface area contributed by atoms with Crippen LogP contribution in [0.3, 0.4) is 0 Å². The Labute approximate surface area is 525 Å². The van der Waals surface area contributed by atoms with Gasteiger partial charge in [-0.15, -0.1) is 0 Å². The summed E-state index contributed by atoms with van der Waals surface area (Å²) in [6.45, 7) is 0. The van der Waals surface area contributed by atoms with Crippen molar-refractivity contribution in [3.05, 3.63) is 268 Å². The minimum atomic E-state index is -0.215. The molecule has 2 aliphatic heterocycles. The molecule has 0 saturated heterocycles. The van der Waals surface area contributed by atoms with Crippen LogP contribution in [0.1, 0.15) is 86.5 Å². The van der Waals surface area contributed by atoms with Crippen molar-refractivity contribution in [3.63, 3.8) is 0 Å². The lowest BCUT2D eigenvalue weighted by Crippen LogP contribution is -2.57. The highest BCUT2D eigenvalue weighted by molar-refractivity contribution is 9.10. The number of rotatable bonds is 3. The fourth-order valence-electron chi connectivity index (χ4n) is 20.2. The summed E-state index contributed by atoms with van der Waals surface area (Å²) in [5.41, 5.74) is 20.7. The molecule has 428 valence electrons. The summed E-state index contributed by atoms with van der Waals surface area (Å²) >= 11 is 6.85. The van der Waals surface area contributed by atoms with Crippen molar-refractivity contribution in [3.8, 4) is 5.69 Å². The van der Waals surface area contributed by atoms with E-state index in [1.54, 1.807) is 40.5 Å². The molecule has 0 amide bonds. The van der Waals surface area contributed by atoms with Crippen molar-refractivity contribution in [1.29, 1.82) is 0 Å². The molecular weight excluding hydrogens is 1200 g/mol. The van der Waals surface area contributed by atoms with E-state index in [1.807, 2.05) is 0 Å². The zero-order valence-electron chi connectivity index (χ0n) is 48.6. The van der Waals surface area contributed by atoms with Gasteiger partial charge in [-0.25, -0.2) is 4.39 Å². The van der Waals surface area contributed by atoms with Crippen LogP contribution in [-0.4, -0.2) is 9.55 Å². The number of anilines is 6. The molecule has 0 unspecified atom stereocenters. The summed E-state index contributed by atoms with van der Waals surface area (Å²) in [6, 6.07) is 84.3. The van der Waals surface area contributed by atoms with Gasteiger partial charge in [0.15, 0.2) is 0 Å². The number of fused-ring (bicyclic) bond motifs is 10. The summed E-state index contributed by atoms with van der Waals surface area (Å²) < 4.78 is 16.3. The first kappa shape index (κ1) is 52.4. The van der Waals surface area contributed by atoms with E-state index >= 15 is 0 Å². The van der Waals surface area contributed by atoms with Gasteiger partial charge in [0.2, 0.25) is 0 Å². The van der Waals surface area contributed by atoms with Crippen LogP contribution in [0.5, 0.6) is 0 Å². The lowest BCUT2D eigenvalue weighted by Gasteiger charge is -2.64. The molecule has 8 bridgehead atoms. The van der Waals surface area contributed by atoms with Gasteiger partial charge < -0.3 is 19.4 Å². The Hall–Kier alpha value is -7.71. The average molecular weight is 1260 g/mol. The van der Waals surface area contributed by atoms with Crippen LogP contribution >= 0.6 is 31.9 Å². The zero-order valence-corrected chi connectivity index (χ0v) is 51.8. The molecule has 2 aromatic heterocycles. The Morgan fingerprint density at radius 3 is 1.20 bits per heavy atom. The molecule has 7 heteroatoms. The van der Waals surface area contributed by atoms with Crippen molar-refractivity contribution >= 4 is 110 Å². The van der Waals surface area contributed by atoms with Gasteiger partial charge in [0, 0.05) is 59.3 Å². The van der Waals surface area contributed by atoms with Crippen molar-refractivity contribution in [2.45, 2.75) is 75.0 Å². The largest absolute Gasteiger partial charge is 0.355 e. The highest BCUT2D eigenvalue weighted by Gasteiger charge is 2.63. The molecular formula is C80H67Br2FN4. The maximum Gasteiger partial charge on any atom is 0.137 e. The second-order valence-electron chi connectivity index (χ2n) is 26.9. The molecule has 87 heavy (non-hydrogen) atoms. The molecule has 4 nitrogen and oxygen atoms in total. The minimum Gasteiger partial charge on any atom is -0.355 e. The number of aromatic amines is 1. The number of aromatic nitrogens is 2. The highest BCUT2D eigenvalue weighted by Crippen LogP contribution is 2.71. The third-order valence-electron chi connectivity index (χ3n) is 22.8. The van der Waals surface area contributed by atoms with E-state index in [-0.39, 0.29) is 16.6 Å². The number of benzene rings is 10. The number of nitrogens with one attached hydrogen (secondary N) is 1. The number of nitrogens with zero attached hydrogens (tertiary/aromatic N) is 3. The predicted octanol–water partition coefficient (Wildman–Crippen LogP) is 22.5. The van der Waals surface area contributed by atoms with Crippen LogP contribution in [-0.2, 0) is 10.8 Å². The Morgan fingerprint density at radius 1 is 0.333 bits per heavy atom. The van der Waals surface area contributed by atoms with Crippen LogP contribution < -0.4 is 9.80 Å². The summed E-state index contributed by atoms with van der Waals surface area (Å²) in [5, 5.41) is 5.17. The number of halogens is 3. The molecule has 4 heterocycles. The van der Waals surface area contributed by atoms with Crippen molar-refractivity contribution < 1.29 is 4.39 Å². The Kier molecular flexibility index (Phi) is 12.1. The molecule has 10 aliphatic rings. The standard InChI is InChI=1S/C40H33BrN2.C34H30N2.C6H4BrF/c41-34-12-4-8-16-39(34)43-35-13-5-1-9-30(35)31-24-29(17-18-36(31)43)42-37-14-6-2-10-32(37)40(33-11-3-7-15-38(33)42)27-20-25-19-26(22-27)23-28(40)21-25;1-4-10-30-26(7-1)27-20-25(13-14-31(27)35-30)36-32-11-5-2-8-28(32)34(29-9-3-6-12-33(29)36)23-16-21-15-22(18-23)19-24(34)17-21;7-5-3-1-2-4-6(5)8/h1-18,24-28H,19-23H2;1-14,20-24,35H,15-19H2;1-4H. The quantitative estimate of drug-likeness (QED) is 0.191. The fourth-order valence-corrected chi connectivity index (χ4v) is 20.9. The molecule has 8 aliphatic carbocycles. The summed E-state index contributed by atoms with van der Waals surface area (Å²) in [7, 11) is 0. The summed E-state index contributed by atoms with van der Waals surface area (Å²) in [4.78, 5) is 8.74. The highest BCUT2D eigenvalue weighted by atomic mass is 79.9. The van der Waals surface area contributed by atoms with Crippen LogP contribution in [0.25, 0.3) is 49.3 Å². The van der Waals surface area contributed by atoms with Gasteiger partial charge in [0.05, 0.1) is 43.9 Å². The lowest BCUT2D eigenvalue weighted by atomic mass is 9.41. The summed E-state index contributed by atoms with van der Waals surface area (Å²) in [6.07, 6.45) is 14.2. The normalized spacial score (nSPS) is 24.2. The fraction of sp³-hybridized carbons (Fsp3) is 0.250. The van der Waals surface area contributed by atoms with E-state index in [9.17, 15) is 4.39 Å². The number of hydrogen-bond acceptors (Lipinski definition) is 2. The topological polar surface area (TPSA) is 27.2 Å². The molecule has 8 fully saturated rings. The van der Waals surface area contributed by atoms with E-state index in [0.717, 1.165) is 51.8 Å². The zero-order chi connectivity index (χ0) is 57.7. The van der Waals surface area contributed by atoms with Gasteiger partial charge in [-0.05, 0) is 263 Å². The first-order chi connectivity index (χ1) is 42.8. The van der Waals surface area contributed by atoms with Crippen molar-refractivity contribution in [2.75, 3.05) is 9.80 Å². The van der Waals surface area contributed by atoms with Crippen LogP contribution in [0.2, 0.25) is 0 Å². The van der Waals surface area contributed by atoms with Gasteiger partial charge in [-0.3, -0.25) is 0 Å². The first-order valence-electron chi connectivity index (χ1n) is 32.0. The van der Waals surface area contributed by atoms with Gasteiger partial charge in [-0.1, -0.05) is 133 Å². The van der Waals surface area contributed by atoms with Gasteiger partial charge in [-0.2, -0.15) is 0 Å². The smallest absolute Gasteiger partial charge is 0.137 e. The first-order valence-corrected chi connectivity index (χ1v) is 33.6. The molecule has 2 spiro atoms. The SMILES string of the molecule is Brc1ccccc1-n1c2ccccc2c2cc(N3c4ccccc4C4(c5ccccc53)C3CC5CC(C3)CC4C5)ccc21.Fc1ccccc1Br.c1ccc2c(c1)N(c1ccc3[nH]c4ccccc4c3c1)c1ccccc1C21C2CC3CC(C2)CC1C3. The van der Waals surface area contributed by atoms with E-state index < -0.39 is 0 Å². The van der Waals surface area contributed by atoms with E-state index in [2.05, 4.69) is 257 Å². The number of H-pyrrole nitrogens is 1. The Bertz CT molecular complexity index is 4550. The number of para-hydroxylation sites is 7. The predicted molar refractivity (Wildman–Crippen MR) is 363 cm³/mol. The molecule has 10 aromatic carbocycles. The minimum absolute atomic E-state index is 0.136. The molecule has 0 radical (unpaired) electrons. The molecule has 8 saturated carbocycles. The summed E-state index contributed by atoms with van der Waals surface area (Å²) in [5.74, 6) is 6.62. The van der Waals surface area contributed by atoms with Crippen LogP contribution in [0.4, 0.5) is 38.5 Å². The monoisotopic (exact) mass is 1260 g/mol. The third kappa shape index (κ3) is 7.76. The third-order valence-corrected chi connectivity index (χ3v) is 24.1. The second kappa shape index (κ2) is 20.2. The van der Waals surface area contributed by atoms with Crippen molar-refractivity contribution in [1.82, 2.24) is 9.55 Å². The molecule has 22 rings (SSSR count). The Morgan fingerprint density at radius 2 is 0.713 bits per heavy atom. The maximum atomic E-state index is 12.3. The maximum absolute atomic E-state index is 12.3. The molecule has 12 aromatic rings. The average Bonchev–Trinajstić information content (AvgIpc) is 1.71. The molecule has 0 atom stereocenters. The van der Waals surface area contributed by atoms with Gasteiger partial charge in [0.1, 0.15) is 5.82 Å². The van der Waals surface area contributed by atoms with Crippen LogP contribution in [0.15, 0.2) is 239 Å². The second-order valence-corrected chi connectivity index (χ2v) is 28.6.